The molecule has 0 aliphatic carbocycles. The Morgan fingerprint density at radius 3 is 1.54 bits per heavy atom. The minimum absolute atomic E-state index is 0.354. The van der Waals surface area contributed by atoms with Gasteiger partial charge < -0.3 is 5.32 Å². The van der Waals surface area contributed by atoms with Gasteiger partial charge in [-0.05, 0) is 36.1 Å². The Morgan fingerprint density at radius 2 is 1.15 bits per heavy atom. The van der Waals surface area contributed by atoms with Gasteiger partial charge in [-0.15, -0.1) is 0 Å². The molecule has 2 nitrogen and oxygen atoms in total. The van der Waals surface area contributed by atoms with Crippen molar-refractivity contribution in [3.8, 4) is 0 Å². The van der Waals surface area contributed by atoms with E-state index in [1.807, 2.05) is 0 Å². The Bertz CT molecular complexity index is 697. The SMILES string of the molecule is c1ccc(C(N[C@H]2CCCNC2)(c2ccccc2)c2ccccc2)cc1. The summed E-state index contributed by atoms with van der Waals surface area (Å²) in [5, 5.41) is 7.61. The van der Waals surface area contributed by atoms with E-state index in [0.717, 1.165) is 13.1 Å². The molecule has 2 N–H and O–H groups in total. The maximum absolute atomic E-state index is 4.06. The molecule has 2 heteroatoms. The van der Waals surface area contributed by atoms with Crippen LogP contribution in [0, 0.1) is 0 Å². The van der Waals surface area contributed by atoms with E-state index in [2.05, 4.69) is 102 Å². The molecule has 26 heavy (non-hydrogen) atoms. The summed E-state index contributed by atoms with van der Waals surface area (Å²) < 4.78 is 0. The first kappa shape index (κ1) is 17.0. The topological polar surface area (TPSA) is 24.1 Å². The van der Waals surface area contributed by atoms with Crippen LogP contribution >= 0.6 is 0 Å². The van der Waals surface area contributed by atoms with Gasteiger partial charge in [0, 0.05) is 12.6 Å². The molecular formula is C24H26N2. The van der Waals surface area contributed by atoms with Crippen LogP contribution in [0.3, 0.4) is 0 Å². The van der Waals surface area contributed by atoms with E-state index in [9.17, 15) is 0 Å². The maximum atomic E-state index is 4.06. The van der Waals surface area contributed by atoms with Gasteiger partial charge in [-0.1, -0.05) is 91.0 Å². The molecule has 4 rings (SSSR count). The Balaban J connectivity index is 1.90. The average molecular weight is 342 g/mol. The van der Waals surface area contributed by atoms with E-state index in [0.29, 0.717) is 6.04 Å². The fraction of sp³-hybridized carbons (Fsp3) is 0.250. The molecule has 1 fully saturated rings. The molecule has 1 aliphatic rings. The molecule has 0 radical (unpaired) electrons. The molecule has 0 bridgehead atoms. The van der Waals surface area contributed by atoms with Gasteiger partial charge in [0.25, 0.3) is 0 Å². The van der Waals surface area contributed by atoms with Gasteiger partial charge in [0.1, 0.15) is 0 Å². The first-order valence-corrected chi connectivity index (χ1v) is 9.54. The number of hydrogen-bond acceptors (Lipinski definition) is 2. The fourth-order valence-corrected chi connectivity index (χ4v) is 4.10. The monoisotopic (exact) mass is 342 g/mol. The van der Waals surface area contributed by atoms with E-state index in [-0.39, 0.29) is 5.54 Å². The highest BCUT2D eigenvalue weighted by molar-refractivity contribution is 5.49. The second kappa shape index (κ2) is 7.86. The Labute approximate surface area is 156 Å². The van der Waals surface area contributed by atoms with Gasteiger partial charge in [-0.2, -0.15) is 0 Å². The van der Waals surface area contributed by atoms with Crippen molar-refractivity contribution in [2.75, 3.05) is 13.1 Å². The van der Waals surface area contributed by atoms with Crippen LogP contribution < -0.4 is 10.6 Å². The van der Waals surface area contributed by atoms with E-state index in [1.165, 1.54) is 29.5 Å². The molecule has 0 spiro atoms. The third kappa shape index (κ3) is 3.31. The summed E-state index contributed by atoms with van der Waals surface area (Å²) in [7, 11) is 0. The third-order valence-corrected chi connectivity index (χ3v) is 5.34. The summed E-state index contributed by atoms with van der Waals surface area (Å²) in [6.45, 7) is 2.13. The van der Waals surface area contributed by atoms with Crippen LogP contribution in [0.25, 0.3) is 0 Å². The Morgan fingerprint density at radius 1 is 0.692 bits per heavy atom. The third-order valence-electron chi connectivity index (χ3n) is 5.34. The van der Waals surface area contributed by atoms with Crippen molar-refractivity contribution in [2.45, 2.75) is 24.4 Å². The van der Waals surface area contributed by atoms with Crippen LogP contribution in [0.1, 0.15) is 29.5 Å². The molecule has 132 valence electrons. The lowest BCUT2D eigenvalue weighted by Crippen LogP contribution is -2.54. The molecule has 1 atom stereocenters. The summed E-state index contributed by atoms with van der Waals surface area (Å²) in [6, 6.07) is 33.0. The molecule has 3 aromatic rings. The van der Waals surface area contributed by atoms with Crippen molar-refractivity contribution in [2.24, 2.45) is 0 Å². The van der Waals surface area contributed by atoms with Crippen molar-refractivity contribution in [1.82, 2.24) is 10.6 Å². The van der Waals surface area contributed by atoms with E-state index < -0.39 is 0 Å². The summed E-state index contributed by atoms with van der Waals surface area (Å²) in [6.07, 6.45) is 2.41. The summed E-state index contributed by atoms with van der Waals surface area (Å²) >= 11 is 0. The average Bonchev–Trinajstić information content (AvgIpc) is 2.75. The quantitative estimate of drug-likeness (QED) is 0.675. The minimum atomic E-state index is -0.354. The van der Waals surface area contributed by atoms with Gasteiger partial charge in [0.2, 0.25) is 0 Å². The largest absolute Gasteiger partial charge is 0.315 e. The summed E-state index contributed by atoms with van der Waals surface area (Å²) in [5.41, 5.74) is 3.49. The molecule has 1 heterocycles. The van der Waals surface area contributed by atoms with Crippen molar-refractivity contribution in [3.05, 3.63) is 108 Å². The normalized spacial score (nSPS) is 17.8. The van der Waals surface area contributed by atoms with Crippen molar-refractivity contribution in [1.29, 1.82) is 0 Å². The molecule has 0 saturated carbocycles. The highest BCUT2D eigenvalue weighted by atomic mass is 15.1. The zero-order valence-corrected chi connectivity index (χ0v) is 15.1. The fourth-order valence-electron chi connectivity index (χ4n) is 4.10. The highest BCUT2D eigenvalue weighted by Crippen LogP contribution is 2.37. The summed E-state index contributed by atoms with van der Waals surface area (Å²) in [5.74, 6) is 0. The van der Waals surface area contributed by atoms with E-state index in [4.69, 9.17) is 0 Å². The van der Waals surface area contributed by atoms with Crippen LogP contribution in [0.2, 0.25) is 0 Å². The summed E-state index contributed by atoms with van der Waals surface area (Å²) in [4.78, 5) is 0. The van der Waals surface area contributed by atoms with Crippen LogP contribution in [0.4, 0.5) is 0 Å². The standard InChI is InChI=1S/C24H26N2/c1-4-11-20(12-5-1)24(21-13-6-2-7-14-21,22-15-8-3-9-16-22)26-23-17-10-18-25-19-23/h1-9,11-16,23,25-26H,10,17-19H2/t23-/m0/s1. The van der Waals surface area contributed by atoms with Gasteiger partial charge in [0.05, 0.1) is 5.54 Å². The van der Waals surface area contributed by atoms with Crippen LogP contribution in [0.5, 0.6) is 0 Å². The molecule has 0 aromatic heterocycles. The van der Waals surface area contributed by atoms with E-state index >= 15 is 0 Å². The number of nitrogens with one attached hydrogen (secondary N) is 2. The highest BCUT2D eigenvalue weighted by Gasteiger charge is 2.38. The lowest BCUT2D eigenvalue weighted by Gasteiger charge is -2.41. The minimum Gasteiger partial charge on any atom is -0.315 e. The number of hydrogen-bond donors (Lipinski definition) is 2. The molecule has 0 unspecified atom stereocenters. The molecule has 1 aliphatic heterocycles. The zero-order valence-electron chi connectivity index (χ0n) is 15.1. The molecule has 0 amide bonds. The second-order valence-corrected chi connectivity index (χ2v) is 7.04. The zero-order chi connectivity index (χ0) is 17.7. The molecule has 1 saturated heterocycles. The first-order valence-electron chi connectivity index (χ1n) is 9.54. The van der Waals surface area contributed by atoms with E-state index in [1.54, 1.807) is 0 Å². The Hall–Kier alpha value is -2.42. The van der Waals surface area contributed by atoms with Gasteiger partial charge in [-0.25, -0.2) is 0 Å². The van der Waals surface area contributed by atoms with Crippen molar-refractivity contribution >= 4 is 0 Å². The smallest absolute Gasteiger partial charge is 0.0950 e. The van der Waals surface area contributed by atoms with Crippen molar-refractivity contribution in [3.63, 3.8) is 0 Å². The maximum Gasteiger partial charge on any atom is 0.0950 e. The van der Waals surface area contributed by atoms with Crippen molar-refractivity contribution < 1.29 is 0 Å². The van der Waals surface area contributed by atoms with Gasteiger partial charge in [-0.3, -0.25) is 5.32 Å². The first-order chi connectivity index (χ1) is 12.9. The molecular weight excluding hydrogens is 316 g/mol. The lowest BCUT2D eigenvalue weighted by molar-refractivity contribution is 0.326. The second-order valence-electron chi connectivity index (χ2n) is 7.04. The lowest BCUT2D eigenvalue weighted by atomic mass is 9.76. The van der Waals surface area contributed by atoms with Gasteiger partial charge >= 0.3 is 0 Å². The number of rotatable bonds is 5. The van der Waals surface area contributed by atoms with Crippen LogP contribution in [-0.4, -0.2) is 19.1 Å². The Kier molecular flexibility index (Phi) is 5.14. The number of piperidine rings is 1. The predicted molar refractivity (Wildman–Crippen MR) is 108 cm³/mol. The van der Waals surface area contributed by atoms with Crippen LogP contribution in [0.15, 0.2) is 91.0 Å². The van der Waals surface area contributed by atoms with Crippen LogP contribution in [-0.2, 0) is 5.54 Å². The molecule has 3 aromatic carbocycles. The number of benzene rings is 3. The van der Waals surface area contributed by atoms with Gasteiger partial charge in [0.15, 0.2) is 0 Å². The predicted octanol–water partition coefficient (Wildman–Crippen LogP) is 4.32.